The van der Waals surface area contributed by atoms with Gasteiger partial charge in [-0.25, -0.2) is 4.39 Å². The zero-order chi connectivity index (χ0) is 27.7. The molecule has 3 fully saturated rings. The summed E-state index contributed by atoms with van der Waals surface area (Å²) in [4.78, 5) is 54.6. The van der Waals surface area contributed by atoms with Gasteiger partial charge in [-0.05, 0) is 56.3 Å². The van der Waals surface area contributed by atoms with E-state index in [1.807, 2.05) is 4.90 Å². The second-order valence-electron chi connectivity index (χ2n) is 10.9. The number of aromatic nitrogens is 1. The minimum absolute atomic E-state index is 0.00370. The average Bonchev–Trinajstić information content (AvgIpc) is 3.67. The Bertz CT molecular complexity index is 1620. The molecule has 10 nitrogen and oxygen atoms in total. The number of carbonyl (C=O) groups is 3. The number of piperidine rings is 1. The van der Waals surface area contributed by atoms with E-state index in [2.05, 4.69) is 10.7 Å². The third-order valence-corrected chi connectivity index (χ3v) is 8.51. The van der Waals surface area contributed by atoms with E-state index in [1.165, 1.54) is 31.5 Å². The predicted octanol–water partition coefficient (Wildman–Crippen LogP) is 2.61. The highest BCUT2D eigenvalue weighted by Gasteiger charge is 2.40. The molecule has 3 aliphatic heterocycles. The lowest BCUT2D eigenvalue weighted by molar-refractivity contribution is 0.0517. The maximum Gasteiger partial charge on any atom is 0.280 e. The molecule has 1 aliphatic carbocycles. The van der Waals surface area contributed by atoms with Crippen molar-refractivity contribution in [3.63, 3.8) is 0 Å². The Morgan fingerprint density at radius 1 is 1.07 bits per heavy atom. The lowest BCUT2D eigenvalue weighted by Crippen LogP contribution is -2.47. The highest BCUT2D eigenvalue weighted by molar-refractivity contribution is 6.22. The van der Waals surface area contributed by atoms with Gasteiger partial charge >= 0.3 is 0 Å². The summed E-state index contributed by atoms with van der Waals surface area (Å²) in [5.41, 5.74) is 2.39. The van der Waals surface area contributed by atoms with Crippen LogP contribution in [0.1, 0.15) is 62.8 Å². The summed E-state index contributed by atoms with van der Waals surface area (Å²) in [5.74, 6) is -2.21. The van der Waals surface area contributed by atoms with E-state index in [9.17, 15) is 19.2 Å². The smallest absolute Gasteiger partial charge is 0.280 e. The fourth-order valence-electron chi connectivity index (χ4n) is 6.42. The number of rotatable bonds is 5. The number of amides is 3. The second kappa shape index (κ2) is 9.16. The number of hydrogen-bond acceptors (Lipinski definition) is 7. The van der Waals surface area contributed by atoms with Crippen molar-refractivity contribution in [1.29, 1.82) is 0 Å². The molecule has 2 N–H and O–H groups in total. The summed E-state index contributed by atoms with van der Waals surface area (Å²) in [5, 5.41) is 4.15. The fraction of sp³-hybridized carbons (Fsp3) is 0.379. The molecule has 0 bridgehead atoms. The van der Waals surface area contributed by atoms with Gasteiger partial charge in [-0.15, -0.1) is 0 Å². The van der Waals surface area contributed by atoms with Crippen molar-refractivity contribution >= 4 is 34.3 Å². The first-order valence-corrected chi connectivity index (χ1v) is 13.6. The Kier molecular flexibility index (Phi) is 5.67. The Morgan fingerprint density at radius 2 is 1.80 bits per heavy atom. The number of hydrazine groups is 1. The van der Waals surface area contributed by atoms with Crippen LogP contribution in [-0.2, 0) is 0 Å². The highest BCUT2D eigenvalue weighted by atomic mass is 19.1. The highest BCUT2D eigenvalue weighted by Crippen LogP contribution is 2.45. The number of imide groups is 1. The number of ether oxygens (including phenoxy) is 1. The van der Waals surface area contributed by atoms with Gasteiger partial charge in [-0.2, -0.15) is 5.01 Å². The maximum atomic E-state index is 15.9. The number of carbonyl (C=O) groups excluding carboxylic acids is 3. The van der Waals surface area contributed by atoms with E-state index in [-0.39, 0.29) is 39.9 Å². The topological polar surface area (TPSA) is 113 Å². The van der Waals surface area contributed by atoms with Gasteiger partial charge in [-0.1, -0.05) is 12.1 Å². The van der Waals surface area contributed by atoms with E-state index in [0.29, 0.717) is 35.2 Å². The van der Waals surface area contributed by atoms with Crippen LogP contribution in [0.3, 0.4) is 0 Å². The number of halogens is 1. The number of hydrogen-bond donors (Lipinski definition) is 2. The molecule has 3 aromatic rings. The van der Waals surface area contributed by atoms with Crippen LogP contribution in [0.25, 0.3) is 10.9 Å². The molecular weight excluding hydrogens is 517 g/mol. The number of anilines is 1. The molecule has 1 aromatic heterocycles. The number of benzene rings is 2. The van der Waals surface area contributed by atoms with Gasteiger partial charge in [0.15, 0.2) is 11.6 Å². The lowest BCUT2D eigenvalue weighted by atomic mass is 9.94. The number of nitrogens with one attached hydrogen (secondary N) is 2. The van der Waals surface area contributed by atoms with Gasteiger partial charge in [0.2, 0.25) is 5.43 Å². The largest absolute Gasteiger partial charge is 0.492 e. The van der Waals surface area contributed by atoms with Crippen LogP contribution in [0.2, 0.25) is 0 Å². The first-order chi connectivity index (χ1) is 19.4. The Hall–Kier alpha value is -4.25. The first kappa shape index (κ1) is 24.8. The standard InChI is InChI=1S/C29H28FN5O5/c1-40-26-23-19(11-21(30)24(26)33-12-15-5-4-10-31-22(15)14-33)25(36)20(13-34(23)16-8-9-16)27(37)32-35-28(38)17-6-2-3-7-18(17)29(35)39/h2-3,6-7,11,13,15-16,22,31H,4-5,8-10,12,14H2,1H3,(H,32,37). The molecule has 3 amide bonds. The number of pyridine rings is 1. The van der Waals surface area contributed by atoms with Gasteiger partial charge in [0, 0.05) is 31.4 Å². The van der Waals surface area contributed by atoms with Gasteiger partial charge in [0.05, 0.1) is 29.1 Å². The van der Waals surface area contributed by atoms with Crippen LogP contribution in [0.4, 0.5) is 10.1 Å². The van der Waals surface area contributed by atoms with E-state index in [4.69, 9.17) is 4.74 Å². The van der Waals surface area contributed by atoms with Crippen molar-refractivity contribution in [2.45, 2.75) is 37.8 Å². The van der Waals surface area contributed by atoms with Crippen LogP contribution < -0.4 is 25.8 Å². The summed E-state index contributed by atoms with van der Waals surface area (Å²) in [7, 11) is 1.46. The Morgan fingerprint density at radius 3 is 2.45 bits per heavy atom. The predicted molar refractivity (Wildman–Crippen MR) is 144 cm³/mol. The number of methoxy groups -OCH3 is 1. The zero-order valence-electron chi connectivity index (χ0n) is 21.9. The van der Waals surface area contributed by atoms with Crippen molar-refractivity contribution in [1.82, 2.24) is 20.3 Å². The summed E-state index contributed by atoms with van der Waals surface area (Å²) in [6.07, 6.45) is 5.24. The van der Waals surface area contributed by atoms with Crippen LogP contribution in [0.5, 0.6) is 5.75 Å². The summed E-state index contributed by atoms with van der Waals surface area (Å²) >= 11 is 0. The summed E-state index contributed by atoms with van der Waals surface area (Å²) in [6.45, 7) is 2.27. The molecule has 206 valence electrons. The number of fused-ring (bicyclic) bond motifs is 3. The van der Waals surface area contributed by atoms with Crippen LogP contribution in [0.15, 0.2) is 41.3 Å². The van der Waals surface area contributed by atoms with Crippen molar-refractivity contribution in [3.8, 4) is 5.75 Å². The third kappa shape index (κ3) is 3.71. The van der Waals surface area contributed by atoms with Gasteiger partial charge < -0.3 is 19.5 Å². The molecule has 2 unspecified atom stereocenters. The normalized spacial score (nSPS) is 22.1. The number of nitrogens with zero attached hydrogens (tertiary/aromatic N) is 3. The minimum Gasteiger partial charge on any atom is -0.492 e. The molecule has 4 aliphatic rings. The van der Waals surface area contributed by atoms with Crippen LogP contribution in [0, 0.1) is 11.7 Å². The fourth-order valence-corrected chi connectivity index (χ4v) is 6.42. The van der Waals surface area contributed by atoms with Crippen LogP contribution in [-0.4, -0.2) is 60.1 Å². The molecular formula is C29H28FN5O5. The Labute approximate surface area is 228 Å². The van der Waals surface area contributed by atoms with E-state index < -0.39 is 29.0 Å². The van der Waals surface area contributed by atoms with Crippen LogP contribution >= 0.6 is 0 Å². The molecule has 2 saturated heterocycles. The van der Waals surface area contributed by atoms with Crippen molar-refractivity contribution in [3.05, 3.63) is 69.3 Å². The molecule has 11 heteroatoms. The third-order valence-electron chi connectivity index (χ3n) is 8.51. The van der Waals surface area contributed by atoms with Crippen molar-refractivity contribution in [2.75, 3.05) is 31.6 Å². The zero-order valence-corrected chi connectivity index (χ0v) is 21.9. The molecule has 1 saturated carbocycles. The van der Waals surface area contributed by atoms with Gasteiger partial charge in [-0.3, -0.25) is 24.6 Å². The molecule has 0 spiro atoms. The Balaban J connectivity index is 1.30. The SMILES string of the molecule is COc1c(N2CC3CCCNC3C2)c(F)cc2c(=O)c(C(=O)NN3C(=O)c4ccccc4C3=O)cn(C3CC3)c12. The monoisotopic (exact) mass is 545 g/mol. The molecule has 7 rings (SSSR count). The van der Waals surface area contributed by atoms with Crippen molar-refractivity contribution in [2.24, 2.45) is 5.92 Å². The van der Waals surface area contributed by atoms with E-state index in [0.717, 1.165) is 32.2 Å². The van der Waals surface area contributed by atoms with Crippen molar-refractivity contribution < 1.29 is 23.5 Å². The molecule has 40 heavy (non-hydrogen) atoms. The average molecular weight is 546 g/mol. The quantitative estimate of drug-likeness (QED) is 0.474. The molecule has 0 radical (unpaired) electrons. The van der Waals surface area contributed by atoms with Gasteiger partial charge in [0.1, 0.15) is 11.3 Å². The summed E-state index contributed by atoms with van der Waals surface area (Å²) in [6, 6.07) is 7.69. The first-order valence-electron chi connectivity index (χ1n) is 13.6. The molecule has 4 heterocycles. The lowest BCUT2D eigenvalue weighted by Gasteiger charge is -2.25. The maximum absolute atomic E-state index is 15.9. The second-order valence-corrected chi connectivity index (χ2v) is 10.9. The van der Waals surface area contributed by atoms with E-state index >= 15 is 4.39 Å². The minimum atomic E-state index is -0.922. The molecule has 2 aromatic carbocycles. The molecule has 2 atom stereocenters. The van der Waals surface area contributed by atoms with Gasteiger partial charge in [0.25, 0.3) is 17.7 Å². The summed E-state index contributed by atoms with van der Waals surface area (Å²) < 4.78 is 23.4. The van der Waals surface area contributed by atoms with E-state index in [1.54, 1.807) is 16.7 Å².